The second-order valence-electron chi connectivity index (χ2n) is 4.17. The van der Waals surface area contributed by atoms with Crippen molar-refractivity contribution in [3.63, 3.8) is 0 Å². The summed E-state index contributed by atoms with van der Waals surface area (Å²) in [4.78, 5) is 24.3. The predicted molar refractivity (Wildman–Crippen MR) is 79.2 cm³/mol. The zero-order chi connectivity index (χ0) is 15.0. The Morgan fingerprint density at radius 1 is 1.20 bits per heavy atom. The number of halogens is 2. The van der Waals surface area contributed by atoms with E-state index in [1.165, 1.54) is 4.90 Å². The van der Waals surface area contributed by atoms with E-state index in [0.717, 1.165) is 0 Å². The standard InChI is InChI=1S/C13H16Cl2N2O3/c14-6-8-16(9-7-15)13(17(19)20)10-12(18)11-4-2-1-3-5-11/h1-5,13H,6-10H2. The Hall–Kier alpha value is -1.17. The molecule has 0 radical (unpaired) electrons. The van der Waals surface area contributed by atoms with Crippen LogP contribution in [0.25, 0.3) is 0 Å². The van der Waals surface area contributed by atoms with Crippen molar-refractivity contribution >= 4 is 29.0 Å². The first-order valence-electron chi connectivity index (χ1n) is 6.18. The summed E-state index contributed by atoms with van der Waals surface area (Å²) in [6.07, 6.45) is -1.29. The molecule has 0 spiro atoms. The molecule has 1 unspecified atom stereocenters. The number of hydrogen-bond acceptors (Lipinski definition) is 4. The monoisotopic (exact) mass is 318 g/mol. The molecular weight excluding hydrogens is 303 g/mol. The molecule has 0 amide bonds. The van der Waals surface area contributed by atoms with E-state index in [-0.39, 0.29) is 24.0 Å². The summed E-state index contributed by atoms with van der Waals surface area (Å²) < 4.78 is 0. The van der Waals surface area contributed by atoms with E-state index in [9.17, 15) is 14.9 Å². The minimum Gasteiger partial charge on any atom is -0.294 e. The predicted octanol–water partition coefficient (Wildman–Crippen LogP) is 2.64. The summed E-state index contributed by atoms with van der Waals surface area (Å²) in [6, 6.07) is 8.53. The zero-order valence-corrected chi connectivity index (χ0v) is 12.4. The number of Topliss-reactive ketones (excluding diaryl/α,β-unsaturated/α-hetero) is 1. The third-order valence-electron chi connectivity index (χ3n) is 2.87. The van der Waals surface area contributed by atoms with Gasteiger partial charge in [-0.1, -0.05) is 30.3 Å². The van der Waals surface area contributed by atoms with Gasteiger partial charge in [0.25, 0.3) is 6.17 Å². The average molecular weight is 319 g/mol. The third-order valence-corrected chi connectivity index (χ3v) is 3.21. The van der Waals surface area contributed by atoms with Gasteiger partial charge >= 0.3 is 0 Å². The molecule has 0 bridgehead atoms. The van der Waals surface area contributed by atoms with Crippen LogP contribution < -0.4 is 0 Å². The van der Waals surface area contributed by atoms with Crippen molar-refractivity contribution < 1.29 is 9.72 Å². The maximum Gasteiger partial charge on any atom is 0.275 e. The first kappa shape index (κ1) is 16.9. The van der Waals surface area contributed by atoms with Gasteiger partial charge in [-0.2, -0.15) is 0 Å². The molecule has 1 aromatic carbocycles. The van der Waals surface area contributed by atoms with Gasteiger partial charge in [-0.05, 0) is 0 Å². The Kier molecular flexibility index (Phi) is 7.51. The number of carbonyl (C=O) groups is 1. The van der Waals surface area contributed by atoms with Crippen LogP contribution in [0.3, 0.4) is 0 Å². The Morgan fingerprint density at radius 3 is 2.20 bits per heavy atom. The van der Waals surface area contributed by atoms with Gasteiger partial charge in [0.1, 0.15) is 0 Å². The minimum absolute atomic E-state index is 0.190. The fourth-order valence-corrected chi connectivity index (χ4v) is 2.31. The molecule has 0 fully saturated rings. The van der Waals surface area contributed by atoms with Gasteiger partial charge in [0, 0.05) is 35.3 Å². The molecule has 0 aliphatic rings. The molecule has 0 aromatic heterocycles. The van der Waals surface area contributed by atoms with E-state index in [1.807, 2.05) is 0 Å². The molecule has 0 saturated heterocycles. The summed E-state index contributed by atoms with van der Waals surface area (Å²) in [5.74, 6) is 0.239. The van der Waals surface area contributed by atoms with E-state index >= 15 is 0 Å². The van der Waals surface area contributed by atoms with E-state index in [0.29, 0.717) is 18.7 Å². The number of ketones is 1. The normalized spacial score (nSPS) is 12.3. The summed E-state index contributed by atoms with van der Waals surface area (Å²) in [7, 11) is 0. The molecule has 110 valence electrons. The molecule has 20 heavy (non-hydrogen) atoms. The molecule has 0 heterocycles. The highest BCUT2D eigenvalue weighted by Crippen LogP contribution is 2.12. The lowest BCUT2D eigenvalue weighted by Gasteiger charge is -2.23. The zero-order valence-electron chi connectivity index (χ0n) is 10.9. The number of benzene rings is 1. The number of carbonyl (C=O) groups excluding carboxylic acids is 1. The van der Waals surface area contributed by atoms with Gasteiger partial charge < -0.3 is 0 Å². The molecule has 1 atom stereocenters. The van der Waals surface area contributed by atoms with Crippen LogP contribution in [-0.4, -0.2) is 46.6 Å². The lowest BCUT2D eigenvalue weighted by Crippen LogP contribution is -2.44. The SMILES string of the molecule is O=C(CC(N(CCCl)CCCl)[N+](=O)[O-])c1ccccc1. The summed E-state index contributed by atoms with van der Waals surface area (Å²) in [6.45, 7) is 0.643. The van der Waals surface area contributed by atoms with Gasteiger partial charge in [0.15, 0.2) is 5.78 Å². The Bertz CT molecular complexity index is 437. The van der Waals surface area contributed by atoms with Crippen LogP contribution in [0, 0.1) is 10.1 Å². The fraction of sp³-hybridized carbons (Fsp3) is 0.462. The van der Waals surface area contributed by atoms with Crippen molar-refractivity contribution in [2.45, 2.75) is 12.6 Å². The summed E-state index contributed by atoms with van der Waals surface area (Å²) >= 11 is 11.3. The number of nitrogens with zero attached hydrogens (tertiary/aromatic N) is 2. The number of alkyl halides is 2. The summed E-state index contributed by atoms with van der Waals surface area (Å²) in [5, 5.41) is 11.2. The van der Waals surface area contributed by atoms with Crippen LogP contribution in [0.5, 0.6) is 0 Å². The topological polar surface area (TPSA) is 63.5 Å². The number of rotatable bonds is 9. The smallest absolute Gasteiger partial charge is 0.275 e. The van der Waals surface area contributed by atoms with Crippen LogP contribution in [0.2, 0.25) is 0 Å². The van der Waals surface area contributed by atoms with Crippen molar-refractivity contribution in [3.8, 4) is 0 Å². The Balaban J connectivity index is 2.80. The van der Waals surface area contributed by atoms with Crippen molar-refractivity contribution in [3.05, 3.63) is 46.0 Å². The maximum atomic E-state index is 12.1. The van der Waals surface area contributed by atoms with E-state index in [1.54, 1.807) is 30.3 Å². The van der Waals surface area contributed by atoms with Gasteiger partial charge in [-0.3, -0.25) is 14.9 Å². The van der Waals surface area contributed by atoms with Crippen LogP contribution >= 0.6 is 23.2 Å². The van der Waals surface area contributed by atoms with E-state index < -0.39 is 11.1 Å². The minimum atomic E-state index is -1.10. The van der Waals surface area contributed by atoms with E-state index in [2.05, 4.69) is 0 Å². The lowest BCUT2D eigenvalue weighted by molar-refractivity contribution is -0.548. The Morgan fingerprint density at radius 2 is 1.75 bits per heavy atom. The van der Waals surface area contributed by atoms with Crippen molar-refractivity contribution in [2.75, 3.05) is 24.8 Å². The molecule has 0 saturated carbocycles. The molecule has 1 aromatic rings. The third kappa shape index (κ3) is 5.07. The second-order valence-corrected chi connectivity index (χ2v) is 4.93. The molecule has 0 aliphatic heterocycles. The average Bonchev–Trinajstić information content (AvgIpc) is 2.45. The van der Waals surface area contributed by atoms with Crippen molar-refractivity contribution in [2.24, 2.45) is 0 Å². The maximum absolute atomic E-state index is 12.1. The highest BCUT2D eigenvalue weighted by atomic mass is 35.5. The molecular formula is C13H16Cl2N2O3. The van der Waals surface area contributed by atoms with Crippen molar-refractivity contribution in [1.82, 2.24) is 4.90 Å². The molecule has 5 nitrogen and oxygen atoms in total. The number of nitro groups is 1. The molecule has 0 aliphatic carbocycles. The van der Waals surface area contributed by atoms with Crippen LogP contribution in [0.4, 0.5) is 0 Å². The molecule has 7 heteroatoms. The second kappa shape index (κ2) is 8.89. The van der Waals surface area contributed by atoms with Crippen molar-refractivity contribution in [1.29, 1.82) is 0 Å². The van der Waals surface area contributed by atoms with Gasteiger partial charge in [0.05, 0.1) is 6.42 Å². The van der Waals surface area contributed by atoms with Gasteiger partial charge in [0.2, 0.25) is 0 Å². The number of hydrogen-bond donors (Lipinski definition) is 0. The summed E-state index contributed by atoms with van der Waals surface area (Å²) in [5.41, 5.74) is 0.469. The van der Waals surface area contributed by atoms with E-state index in [4.69, 9.17) is 23.2 Å². The quantitative estimate of drug-likeness (QED) is 0.231. The highest BCUT2D eigenvalue weighted by Gasteiger charge is 2.30. The van der Waals surface area contributed by atoms with Crippen LogP contribution in [-0.2, 0) is 0 Å². The first-order valence-corrected chi connectivity index (χ1v) is 7.24. The molecule has 1 rings (SSSR count). The lowest BCUT2D eigenvalue weighted by atomic mass is 10.1. The van der Waals surface area contributed by atoms with Gasteiger partial charge in [-0.15, -0.1) is 23.2 Å². The fourth-order valence-electron chi connectivity index (χ4n) is 1.87. The highest BCUT2D eigenvalue weighted by molar-refractivity contribution is 6.18. The van der Waals surface area contributed by atoms with Crippen LogP contribution in [0.1, 0.15) is 16.8 Å². The Labute approximate surface area is 127 Å². The first-order chi connectivity index (χ1) is 9.60. The van der Waals surface area contributed by atoms with Crippen LogP contribution in [0.15, 0.2) is 30.3 Å². The largest absolute Gasteiger partial charge is 0.294 e. The van der Waals surface area contributed by atoms with Gasteiger partial charge in [-0.25, -0.2) is 4.90 Å². The molecule has 0 N–H and O–H groups in total.